The molecule has 0 spiro atoms. The van der Waals surface area contributed by atoms with Gasteiger partial charge in [0.2, 0.25) is 11.0 Å². The van der Waals surface area contributed by atoms with Crippen LogP contribution in [0.5, 0.6) is 0 Å². The number of rotatable bonds is 6. The molecule has 2 heterocycles. The van der Waals surface area contributed by atoms with E-state index in [1.807, 2.05) is 30.7 Å². The molecule has 130 valence electrons. The summed E-state index contributed by atoms with van der Waals surface area (Å²) in [6.45, 7) is 1.99. The van der Waals surface area contributed by atoms with Gasteiger partial charge in [-0.1, -0.05) is 41.6 Å². The van der Waals surface area contributed by atoms with E-state index in [1.54, 1.807) is 12.1 Å². The average molecular weight is 395 g/mol. The van der Waals surface area contributed by atoms with Crippen molar-refractivity contribution in [1.29, 1.82) is 0 Å². The van der Waals surface area contributed by atoms with Crippen molar-refractivity contribution >= 4 is 45.7 Å². The van der Waals surface area contributed by atoms with Crippen molar-refractivity contribution in [2.24, 2.45) is 7.05 Å². The molecule has 0 radical (unpaired) electrons. The van der Waals surface area contributed by atoms with Gasteiger partial charge < -0.3 is 4.57 Å². The Morgan fingerprint density at radius 3 is 2.68 bits per heavy atom. The topological polar surface area (TPSA) is 85.6 Å². The third kappa shape index (κ3) is 4.36. The maximum atomic E-state index is 12.0. The van der Waals surface area contributed by atoms with Crippen LogP contribution in [0.4, 0.5) is 5.13 Å². The summed E-state index contributed by atoms with van der Waals surface area (Å²) in [6, 6.07) is 7.37. The summed E-state index contributed by atoms with van der Waals surface area (Å²) in [5.74, 6) is 0.782. The van der Waals surface area contributed by atoms with E-state index in [9.17, 15) is 4.79 Å². The Morgan fingerprint density at radius 1 is 1.24 bits per heavy atom. The number of halogens is 1. The maximum absolute atomic E-state index is 12.0. The minimum absolute atomic E-state index is 0.153. The van der Waals surface area contributed by atoms with Crippen molar-refractivity contribution in [1.82, 2.24) is 25.0 Å². The normalized spacial score (nSPS) is 10.8. The van der Waals surface area contributed by atoms with E-state index in [4.69, 9.17) is 11.6 Å². The molecular weight excluding hydrogens is 380 g/mol. The minimum atomic E-state index is -0.153. The molecule has 2 aromatic heterocycles. The van der Waals surface area contributed by atoms with Gasteiger partial charge in [-0.3, -0.25) is 10.1 Å². The third-order valence-electron chi connectivity index (χ3n) is 3.29. The molecule has 3 rings (SSSR count). The Balaban J connectivity index is 1.61. The van der Waals surface area contributed by atoms with Crippen molar-refractivity contribution in [3.05, 3.63) is 34.3 Å². The smallest absolute Gasteiger partial charge is 0.236 e. The molecule has 1 N–H and O–H groups in total. The number of aryl methyl sites for hydroxylation is 1. The van der Waals surface area contributed by atoms with E-state index in [1.165, 1.54) is 23.1 Å². The molecule has 3 aromatic rings. The number of thioether (sulfide) groups is 1. The lowest BCUT2D eigenvalue weighted by atomic mass is 10.2. The summed E-state index contributed by atoms with van der Waals surface area (Å²) in [4.78, 5) is 12.0. The van der Waals surface area contributed by atoms with Crippen LogP contribution in [-0.4, -0.2) is 36.6 Å². The number of benzene rings is 1. The first-order valence-corrected chi connectivity index (χ1v) is 9.65. The second-order valence-corrected chi connectivity index (χ2v) is 7.50. The lowest BCUT2D eigenvalue weighted by molar-refractivity contribution is -0.113. The Bertz CT molecular complexity index is 877. The standard InChI is InChI=1S/C15H15ClN6OS2/c1-3-12-18-20-14(25-12)17-11(23)8-24-15-21-19-13(22(15)2)9-4-6-10(16)7-5-9/h4-7H,3,8H2,1-2H3,(H,17,20,23). The fourth-order valence-corrected chi connectivity index (χ4v) is 3.56. The molecule has 0 bridgehead atoms. The highest BCUT2D eigenvalue weighted by molar-refractivity contribution is 7.99. The fourth-order valence-electron chi connectivity index (χ4n) is 2.02. The number of amides is 1. The molecule has 1 amide bonds. The SMILES string of the molecule is CCc1nnc(NC(=O)CSc2nnc(-c3ccc(Cl)cc3)n2C)s1. The molecule has 1 aromatic carbocycles. The Kier molecular flexibility index (Phi) is 5.67. The van der Waals surface area contributed by atoms with Crippen molar-refractivity contribution in [3.8, 4) is 11.4 Å². The summed E-state index contributed by atoms with van der Waals surface area (Å²) in [6.07, 6.45) is 0.800. The van der Waals surface area contributed by atoms with Crippen LogP contribution in [0.1, 0.15) is 11.9 Å². The molecule has 0 unspecified atom stereocenters. The molecule has 7 nitrogen and oxygen atoms in total. The number of aromatic nitrogens is 5. The summed E-state index contributed by atoms with van der Waals surface area (Å²) >= 11 is 8.60. The Morgan fingerprint density at radius 2 is 2.00 bits per heavy atom. The first-order chi connectivity index (χ1) is 12.1. The second kappa shape index (κ2) is 7.94. The van der Waals surface area contributed by atoms with E-state index in [0.29, 0.717) is 15.3 Å². The van der Waals surface area contributed by atoms with Crippen molar-refractivity contribution in [2.45, 2.75) is 18.5 Å². The van der Waals surface area contributed by atoms with Gasteiger partial charge in [0.25, 0.3) is 0 Å². The zero-order valence-corrected chi connectivity index (χ0v) is 16.0. The first-order valence-electron chi connectivity index (χ1n) is 7.47. The van der Waals surface area contributed by atoms with Gasteiger partial charge in [0.15, 0.2) is 11.0 Å². The van der Waals surface area contributed by atoms with E-state index in [2.05, 4.69) is 25.7 Å². The number of carbonyl (C=O) groups excluding carboxylic acids is 1. The van der Waals surface area contributed by atoms with E-state index in [0.717, 1.165) is 22.8 Å². The van der Waals surface area contributed by atoms with Crippen molar-refractivity contribution in [2.75, 3.05) is 11.1 Å². The number of hydrogen-bond donors (Lipinski definition) is 1. The monoisotopic (exact) mass is 394 g/mol. The first kappa shape index (κ1) is 17.8. The van der Waals surface area contributed by atoms with Crippen molar-refractivity contribution in [3.63, 3.8) is 0 Å². The van der Waals surface area contributed by atoms with Crippen LogP contribution in [0, 0.1) is 0 Å². The number of carbonyl (C=O) groups is 1. The quantitative estimate of drug-likeness (QED) is 0.646. The lowest BCUT2D eigenvalue weighted by Crippen LogP contribution is -2.14. The molecule has 0 atom stereocenters. The highest BCUT2D eigenvalue weighted by atomic mass is 35.5. The third-order valence-corrected chi connectivity index (χ3v) is 5.54. The van der Waals surface area contributed by atoms with Gasteiger partial charge in [0.1, 0.15) is 5.01 Å². The summed E-state index contributed by atoms with van der Waals surface area (Å²) in [5.41, 5.74) is 0.914. The molecule has 0 saturated carbocycles. The molecule has 0 aliphatic rings. The van der Waals surface area contributed by atoms with Crippen LogP contribution in [0.25, 0.3) is 11.4 Å². The van der Waals surface area contributed by atoms with E-state index in [-0.39, 0.29) is 11.7 Å². The van der Waals surface area contributed by atoms with Gasteiger partial charge in [-0.2, -0.15) is 0 Å². The predicted molar refractivity (Wildman–Crippen MR) is 100 cm³/mol. The van der Waals surface area contributed by atoms with Crippen LogP contribution in [0.3, 0.4) is 0 Å². The highest BCUT2D eigenvalue weighted by Crippen LogP contribution is 2.24. The van der Waals surface area contributed by atoms with Gasteiger partial charge in [0.05, 0.1) is 5.75 Å². The maximum Gasteiger partial charge on any atom is 0.236 e. The molecule has 0 aliphatic heterocycles. The second-order valence-electron chi connectivity index (χ2n) is 5.06. The molecule has 10 heteroatoms. The van der Waals surface area contributed by atoms with E-state index >= 15 is 0 Å². The molecular formula is C15H15ClN6OS2. The lowest BCUT2D eigenvalue weighted by Gasteiger charge is -2.04. The number of nitrogens with zero attached hydrogens (tertiary/aromatic N) is 5. The Labute approximate surface area is 157 Å². The molecule has 0 fully saturated rings. The van der Waals surface area contributed by atoms with E-state index < -0.39 is 0 Å². The number of nitrogens with one attached hydrogen (secondary N) is 1. The van der Waals surface area contributed by atoms with Crippen molar-refractivity contribution < 1.29 is 4.79 Å². The minimum Gasteiger partial charge on any atom is -0.305 e. The largest absolute Gasteiger partial charge is 0.305 e. The number of hydrogen-bond acceptors (Lipinski definition) is 7. The Hall–Kier alpha value is -1.97. The van der Waals surface area contributed by atoms with Gasteiger partial charge in [-0.05, 0) is 30.7 Å². The van der Waals surface area contributed by atoms with Gasteiger partial charge in [0, 0.05) is 17.6 Å². The van der Waals surface area contributed by atoms with Crippen LogP contribution >= 0.6 is 34.7 Å². The number of anilines is 1. The zero-order valence-electron chi connectivity index (χ0n) is 13.6. The zero-order chi connectivity index (χ0) is 17.8. The molecule has 0 aliphatic carbocycles. The van der Waals surface area contributed by atoms with Gasteiger partial charge in [-0.15, -0.1) is 20.4 Å². The van der Waals surface area contributed by atoms with Crippen LogP contribution in [0.2, 0.25) is 5.02 Å². The van der Waals surface area contributed by atoms with Crippen LogP contribution < -0.4 is 5.32 Å². The predicted octanol–water partition coefficient (Wildman–Crippen LogP) is 3.28. The molecule has 0 saturated heterocycles. The van der Waals surface area contributed by atoms with Crippen LogP contribution in [-0.2, 0) is 18.3 Å². The van der Waals surface area contributed by atoms with Crippen LogP contribution in [0.15, 0.2) is 29.4 Å². The highest BCUT2D eigenvalue weighted by Gasteiger charge is 2.14. The average Bonchev–Trinajstić information content (AvgIpc) is 3.20. The van der Waals surface area contributed by atoms with Gasteiger partial charge in [-0.25, -0.2) is 0 Å². The summed E-state index contributed by atoms with van der Waals surface area (Å²) in [7, 11) is 1.86. The fraction of sp³-hybridized carbons (Fsp3) is 0.267. The van der Waals surface area contributed by atoms with Gasteiger partial charge >= 0.3 is 0 Å². The molecule has 25 heavy (non-hydrogen) atoms. The summed E-state index contributed by atoms with van der Waals surface area (Å²) in [5, 5.41) is 21.7. The summed E-state index contributed by atoms with van der Waals surface area (Å²) < 4.78 is 1.85.